The third-order valence-electron chi connectivity index (χ3n) is 3.30. The molecule has 0 aliphatic carbocycles. The highest BCUT2D eigenvalue weighted by atomic mass is 32.1. The Hall–Kier alpha value is -2.51. The minimum absolute atomic E-state index is 0.0229. The first-order chi connectivity index (χ1) is 12.0. The number of hydrazine groups is 1. The van der Waals surface area contributed by atoms with Gasteiger partial charge in [-0.2, -0.15) is 0 Å². The number of thiocarbonyl (C=S) groups is 1. The number of carbonyl (C=O) groups excluding carboxylic acids is 2. The quantitative estimate of drug-likeness (QED) is 0.437. The van der Waals surface area contributed by atoms with E-state index in [0.717, 1.165) is 5.56 Å². The van der Waals surface area contributed by atoms with Crippen LogP contribution in [0.1, 0.15) is 40.6 Å². The van der Waals surface area contributed by atoms with Crippen molar-refractivity contribution in [1.29, 1.82) is 0 Å². The molecule has 1 heterocycles. The fraction of sp³-hybridized carbons (Fsp3) is 0.167. The van der Waals surface area contributed by atoms with Crippen LogP contribution in [0.2, 0.25) is 0 Å². The Labute approximate surface area is 156 Å². The van der Waals surface area contributed by atoms with Crippen LogP contribution in [0.4, 0.5) is 0 Å². The van der Waals surface area contributed by atoms with Crippen molar-refractivity contribution in [1.82, 2.24) is 16.2 Å². The Morgan fingerprint density at radius 1 is 1.12 bits per heavy atom. The van der Waals surface area contributed by atoms with E-state index in [2.05, 4.69) is 30.0 Å². The predicted octanol–water partition coefficient (Wildman–Crippen LogP) is 3.22. The topological polar surface area (TPSA) is 70.2 Å². The van der Waals surface area contributed by atoms with Crippen molar-refractivity contribution in [3.05, 3.63) is 63.9 Å². The molecule has 0 spiro atoms. The van der Waals surface area contributed by atoms with E-state index in [1.165, 1.54) is 23.0 Å². The molecule has 0 aliphatic heterocycles. The predicted molar refractivity (Wildman–Crippen MR) is 105 cm³/mol. The molecule has 2 amide bonds. The lowest BCUT2D eigenvalue weighted by molar-refractivity contribution is -0.115. The first-order valence-electron chi connectivity index (χ1n) is 7.68. The van der Waals surface area contributed by atoms with Gasteiger partial charge in [-0.05, 0) is 46.8 Å². The van der Waals surface area contributed by atoms with Crippen LogP contribution < -0.4 is 16.2 Å². The molecule has 0 saturated carbocycles. The van der Waals surface area contributed by atoms with Crippen LogP contribution in [0.15, 0.2) is 47.9 Å². The number of amides is 2. The van der Waals surface area contributed by atoms with Crippen LogP contribution in [0.5, 0.6) is 0 Å². The van der Waals surface area contributed by atoms with Gasteiger partial charge in [0, 0.05) is 6.08 Å². The van der Waals surface area contributed by atoms with Crippen molar-refractivity contribution in [2.24, 2.45) is 0 Å². The molecule has 1 aromatic heterocycles. The summed E-state index contributed by atoms with van der Waals surface area (Å²) in [6.45, 7) is 4.26. The second-order valence-corrected chi connectivity index (χ2v) is 6.89. The van der Waals surface area contributed by atoms with E-state index in [9.17, 15) is 9.59 Å². The largest absolute Gasteiger partial charge is 0.298 e. The molecule has 2 rings (SSSR count). The van der Waals surface area contributed by atoms with Crippen LogP contribution in [0.3, 0.4) is 0 Å². The number of carbonyl (C=O) groups is 2. The summed E-state index contributed by atoms with van der Waals surface area (Å²) in [4.78, 5) is 24.1. The van der Waals surface area contributed by atoms with E-state index in [1.807, 2.05) is 24.3 Å². The molecular weight excluding hydrogens is 354 g/mol. The summed E-state index contributed by atoms with van der Waals surface area (Å²) in [5, 5.41) is 4.29. The molecule has 0 atom stereocenters. The maximum Gasteiger partial charge on any atom is 0.279 e. The minimum atomic E-state index is -0.379. The summed E-state index contributed by atoms with van der Waals surface area (Å²) >= 11 is 6.28. The summed E-state index contributed by atoms with van der Waals surface area (Å²) in [7, 11) is 0. The molecule has 25 heavy (non-hydrogen) atoms. The van der Waals surface area contributed by atoms with Crippen molar-refractivity contribution in [2.75, 3.05) is 0 Å². The Morgan fingerprint density at radius 2 is 1.84 bits per heavy atom. The van der Waals surface area contributed by atoms with Crippen molar-refractivity contribution in [3.8, 4) is 0 Å². The van der Waals surface area contributed by atoms with E-state index in [-0.39, 0.29) is 16.9 Å². The molecule has 7 heteroatoms. The molecule has 5 nitrogen and oxygen atoms in total. The zero-order chi connectivity index (χ0) is 18.2. The highest BCUT2D eigenvalue weighted by Crippen LogP contribution is 2.15. The maximum absolute atomic E-state index is 11.8. The Morgan fingerprint density at radius 3 is 2.44 bits per heavy atom. The van der Waals surface area contributed by atoms with Gasteiger partial charge < -0.3 is 0 Å². The number of nitrogens with one attached hydrogen (secondary N) is 3. The summed E-state index contributed by atoms with van der Waals surface area (Å²) in [6, 6.07) is 11.5. The van der Waals surface area contributed by atoms with Crippen LogP contribution in [-0.2, 0) is 4.79 Å². The highest BCUT2D eigenvalue weighted by Gasteiger charge is 2.07. The normalized spacial score (nSPS) is 10.7. The summed E-state index contributed by atoms with van der Waals surface area (Å²) < 4.78 is 0. The van der Waals surface area contributed by atoms with Gasteiger partial charge in [-0.3, -0.25) is 25.8 Å². The van der Waals surface area contributed by atoms with Gasteiger partial charge in [0.2, 0.25) is 5.91 Å². The molecule has 3 N–H and O–H groups in total. The zero-order valence-corrected chi connectivity index (χ0v) is 15.5. The Balaban J connectivity index is 1.78. The second kappa shape index (κ2) is 9.10. The molecular formula is C18H19N3O2S2. The monoisotopic (exact) mass is 373 g/mol. The van der Waals surface area contributed by atoms with Crippen LogP contribution >= 0.6 is 23.6 Å². The fourth-order valence-corrected chi connectivity index (χ4v) is 2.70. The van der Waals surface area contributed by atoms with E-state index < -0.39 is 0 Å². The molecule has 130 valence electrons. The Kier molecular flexibility index (Phi) is 6.85. The number of hydrogen-bond donors (Lipinski definition) is 3. The molecule has 0 aliphatic rings. The number of benzene rings is 1. The van der Waals surface area contributed by atoms with E-state index in [0.29, 0.717) is 10.8 Å². The van der Waals surface area contributed by atoms with Gasteiger partial charge in [-0.25, -0.2) is 0 Å². The Bertz CT molecular complexity index is 766. The average molecular weight is 374 g/mol. The van der Waals surface area contributed by atoms with Crippen molar-refractivity contribution in [3.63, 3.8) is 0 Å². The van der Waals surface area contributed by atoms with Crippen molar-refractivity contribution in [2.45, 2.75) is 19.8 Å². The van der Waals surface area contributed by atoms with Gasteiger partial charge in [0.25, 0.3) is 5.91 Å². The van der Waals surface area contributed by atoms with Gasteiger partial charge in [-0.15, -0.1) is 11.3 Å². The standard InChI is InChI=1S/C18H19N3O2S2/c1-12(2)14-8-5-13(6-9-14)7-10-16(22)19-18(24)21-20-17(23)15-4-3-11-25-15/h3-12H,1-2H3,(H,20,23)(H2,19,21,22,24)/b10-7+. The SMILES string of the molecule is CC(C)c1ccc(/C=C/C(=O)NC(=S)NNC(=O)c2cccs2)cc1. The van der Waals surface area contributed by atoms with Gasteiger partial charge in [0.15, 0.2) is 5.11 Å². The first-order valence-corrected chi connectivity index (χ1v) is 8.97. The molecule has 1 aromatic carbocycles. The third-order valence-corrected chi connectivity index (χ3v) is 4.37. The number of hydrogen-bond acceptors (Lipinski definition) is 4. The lowest BCUT2D eigenvalue weighted by Gasteiger charge is -2.08. The smallest absolute Gasteiger partial charge is 0.279 e. The van der Waals surface area contributed by atoms with Crippen LogP contribution in [-0.4, -0.2) is 16.9 Å². The maximum atomic E-state index is 11.8. The molecule has 0 saturated heterocycles. The minimum Gasteiger partial charge on any atom is -0.298 e. The summed E-state index contributed by atoms with van der Waals surface area (Å²) in [5.41, 5.74) is 7.08. The summed E-state index contributed by atoms with van der Waals surface area (Å²) in [5.74, 6) is -0.225. The molecule has 0 unspecified atom stereocenters. The van der Waals surface area contributed by atoms with Crippen LogP contribution in [0, 0.1) is 0 Å². The number of thiophene rings is 1. The van der Waals surface area contributed by atoms with E-state index in [1.54, 1.807) is 23.6 Å². The third kappa shape index (κ3) is 6.13. The molecule has 0 radical (unpaired) electrons. The highest BCUT2D eigenvalue weighted by molar-refractivity contribution is 7.80. The number of rotatable bonds is 4. The lowest BCUT2D eigenvalue weighted by atomic mass is 10.0. The lowest BCUT2D eigenvalue weighted by Crippen LogP contribution is -2.48. The van der Waals surface area contributed by atoms with Crippen molar-refractivity contribution >= 4 is 46.6 Å². The first kappa shape index (κ1) is 18.8. The second-order valence-electron chi connectivity index (χ2n) is 5.53. The van der Waals surface area contributed by atoms with Gasteiger partial charge in [-0.1, -0.05) is 44.2 Å². The van der Waals surface area contributed by atoms with E-state index >= 15 is 0 Å². The molecule has 0 bridgehead atoms. The fourth-order valence-electron chi connectivity index (χ4n) is 1.93. The van der Waals surface area contributed by atoms with Gasteiger partial charge in [0.1, 0.15) is 0 Å². The van der Waals surface area contributed by atoms with Crippen LogP contribution in [0.25, 0.3) is 6.08 Å². The van der Waals surface area contributed by atoms with Gasteiger partial charge in [0.05, 0.1) is 4.88 Å². The van der Waals surface area contributed by atoms with Crippen molar-refractivity contribution < 1.29 is 9.59 Å². The molecule has 2 aromatic rings. The zero-order valence-electron chi connectivity index (χ0n) is 13.9. The average Bonchev–Trinajstić information content (AvgIpc) is 3.13. The van der Waals surface area contributed by atoms with Gasteiger partial charge >= 0.3 is 0 Å². The molecule has 0 fully saturated rings. The summed E-state index contributed by atoms with van der Waals surface area (Å²) in [6.07, 6.45) is 3.09. The van der Waals surface area contributed by atoms with E-state index in [4.69, 9.17) is 12.2 Å².